The Kier molecular flexibility index (Phi) is 2.00. The Morgan fingerprint density at radius 2 is 2.00 bits per heavy atom. The van der Waals surface area contributed by atoms with Crippen LogP contribution in [-0.2, 0) is 0 Å². The maximum atomic E-state index is 11.5. The van der Waals surface area contributed by atoms with Gasteiger partial charge in [-0.05, 0) is 13.0 Å². The molecule has 0 amide bonds. The summed E-state index contributed by atoms with van der Waals surface area (Å²) in [5, 5.41) is 22.7. The van der Waals surface area contributed by atoms with E-state index in [4.69, 9.17) is 0 Å². The summed E-state index contributed by atoms with van der Waals surface area (Å²) in [7, 11) is 0. The molecule has 0 aliphatic carbocycles. The number of benzene rings is 1. The molecule has 1 aromatic carbocycles. The molecule has 15 heavy (non-hydrogen) atoms. The van der Waals surface area contributed by atoms with E-state index in [0.717, 1.165) is 0 Å². The molecule has 5 heteroatoms. The molecule has 0 bridgehead atoms. The van der Waals surface area contributed by atoms with E-state index in [1.54, 1.807) is 31.2 Å². The summed E-state index contributed by atoms with van der Waals surface area (Å²) in [6.45, 7) is 1.55. The van der Waals surface area contributed by atoms with E-state index in [0.29, 0.717) is 21.2 Å². The van der Waals surface area contributed by atoms with Crippen molar-refractivity contribution in [2.75, 3.05) is 0 Å². The Balaban J connectivity index is 2.96. The van der Waals surface area contributed by atoms with Crippen LogP contribution in [0, 0.1) is 22.2 Å². The number of nitrogens with zero attached hydrogens (tertiary/aromatic N) is 2. The van der Waals surface area contributed by atoms with Gasteiger partial charge in [0.1, 0.15) is 5.39 Å². The maximum Gasteiger partial charge on any atom is 0.292 e. The smallest absolute Gasteiger partial charge is 0.292 e. The standard InChI is InChI=1S/C10H8N2O3/c1-7-6-11(13)9-5-3-2-4-8(9)10(7)12(14)15/h2-6H,1H3. The molecule has 0 fully saturated rings. The minimum atomic E-state index is -0.461. The molecule has 1 heterocycles. The van der Waals surface area contributed by atoms with Crippen molar-refractivity contribution >= 4 is 16.6 Å². The van der Waals surface area contributed by atoms with Gasteiger partial charge in [0.15, 0.2) is 6.20 Å². The van der Waals surface area contributed by atoms with Gasteiger partial charge in [-0.2, -0.15) is 4.73 Å². The number of aryl methyl sites for hydroxylation is 1. The summed E-state index contributed by atoms with van der Waals surface area (Å²) in [4.78, 5) is 10.4. The molecule has 2 aromatic rings. The van der Waals surface area contributed by atoms with Crippen molar-refractivity contribution in [3.63, 3.8) is 0 Å². The van der Waals surface area contributed by atoms with E-state index in [1.807, 2.05) is 0 Å². The fourth-order valence-corrected chi connectivity index (χ4v) is 1.63. The predicted octanol–water partition coefficient (Wildman–Crippen LogP) is 1.69. The van der Waals surface area contributed by atoms with Crippen LogP contribution >= 0.6 is 0 Å². The van der Waals surface area contributed by atoms with Gasteiger partial charge in [0.05, 0.1) is 10.5 Å². The van der Waals surface area contributed by atoms with Crippen LogP contribution in [0.3, 0.4) is 0 Å². The average molecular weight is 204 g/mol. The third-order valence-corrected chi connectivity index (χ3v) is 2.26. The number of hydrogen-bond acceptors (Lipinski definition) is 3. The number of fused-ring (bicyclic) bond motifs is 1. The normalized spacial score (nSPS) is 10.5. The Morgan fingerprint density at radius 3 is 2.67 bits per heavy atom. The number of nitro groups is 1. The van der Waals surface area contributed by atoms with E-state index in [2.05, 4.69) is 0 Å². The van der Waals surface area contributed by atoms with Crippen LogP contribution < -0.4 is 4.73 Å². The Morgan fingerprint density at radius 1 is 1.33 bits per heavy atom. The van der Waals surface area contributed by atoms with Gasteiger partial charge in [0.2, 0.25) is 5.52 Å². The molecule has 0 spiro atoms. The van der Waals surface area contributed by atoms with Crippen molar-refractivity contribution in [3.05, 3.63) is 51.3 Å². The molecule has 0 aliphatic rings. The zero-order valence-electron chi connectivity index (χ0n) is 8.01. The number of pyridine rings is 1. The van der Waals surface area contributed by atoms with Crippen LogP contribution in [0.1, 0.15) is 5.56 Å². The monoisotopic (exact) mass is 204 g/mol. The van der Waals surface area contributed by atoms with Gasteiger partial charge in [0.25, 0.3) is 5.69 Å². The van der Waals surface area contributed by atoms with Crippen molar-refractivity contribution in [1.82, 2.24) is 0 Å². The van der Waals surface area contributed by atoms with Gasteiger partial charge in [-0.1, -0.05) is 12.1 Å². The molecule has 0 radical (unpaired) electrons. The Bertz CT molecular complexity index is 552. The summed E-state index contributed by atoms with van der Waals surface area (Å²) in [5.41, 5.74) is 0.682. The first-order valence-electron chi connectivity index (χ1n) is 4.37. The Labute approximate surface area is 85.3 Å². The van der Waals surface area contributed by atoms with Crippen LogP contribution in [0.5, 0.6) is 0 Å². The van der Waals surface area contributed by atoms with Gasteiger partial charge in [0, 0.05) is 6.07 Å². The number of para-hydroxylation sites is 1. The number of rotatable bonds is 1. The molecule has 2 rings (SSSR count). The molecule has 0 atom stereocenters. The number of aromatic nitrogens is 1. The largest absolute Gasteiger partial charge is 0.618 e. The van der Waals surface area contributed by atoms with Crippen LogP contribution in [-0.4, -0.2) is 4.92 Å². The second kappa shape index (κ2) is 3.20. The lowest BCUT2D eigenvalue weighted by molar-refractivity contribution is -0.578. The fraction of sp³-hybridized carbons (Fsp3) is 0.100. The van der Waals surface area contributed by atoms with Crippen molar-refractivity contribution in [2.24, 2.45) is 0 Å². The molecule has 0 saturated carbocycles. The molecule has 5 nitrogen and oxygen atoms in total. The quantitative estimate of drug-likeness (QED) is 0.307. The van der Waals surface area contributed by atoms with Crippen molar-refractivity contribution in [2.45, 2.75) is 6.92 Å². The first-order chi connectivity index (χ1) is 7.11. The predicted molar refractivity (Wildman–Crippen MR) is 54.3 cm³/mol. The molecule has 0 N–H and O–H groups in total. The summed E-state index contributed by atoms with van der Waals surface area (Å²) < 4.78 is 0.650. The molecule has 76 valence electrons. The zero-order chi connectivity index (χ0) is 11.0. The van der Waals surface area contributed by atoms with Crippen molar-refractivity contribution in [1.29, 1.82) is 0 Å². The van der Waals surface area contributed by atoms with Crippen LogP contribution in [0.4, 0.5) is 5.69 Å². The van der Waals surface area contributed by atoms with E-state index in [1.165, 1.54) is 6.20 Å². The van der Waals surface area contributed by atoms with Crippen LogP contribution in [0.25, 0.3) is 10.9 Å². The molecular formula is C10H8N2O3. The second-order valence-electron chi connectivity index (χ2n) is 3.26. The van der Waals surface area contributed by atoms with Gasteiger partial charge in [-0.25, -0.2) is 0 Å². The average Bonchev–Trinajstić information content (AvgIpc) is 2.17. The fourth-order valence-electron chi connectivity index (χ4n) is 1.63. The van der Waals surface area contributed by atoms with Crippen LogP contribution in [0.2, 0.25) is 0 Å². The van der Waals surface area contributed by atoms with E-state index in [-0.39, 0.29) is 5.69 Å². The summed E-state index contributed by atoms with van der Waals surface area (Å²) in [5.74, 6) is 0. The topological polar surface area (TPSA) is 70.1 Å². The minimum Gasteiger partial charge on any atom is -0.618 e. The highest BCUT2D eigenvalue weighted by Gasteiger charge is 2.20. The van der Waals surface area contributed by atoms with Gasteiger partial charge >= 0.3 is 0 Å². The summed E-state index contributed by atoms with van der Waals surface area (Å²) in [6, 6.07) is 6.49. The van der Waals surface area contributed by atoms with E-state index >= 15 is 0 Å². The lowest BCUT2D eigenvalue weighted by Gasteiger charge is -2.03. The molecule has 0 saturated heterocycles. The summed E-state index contributed by atoms with van der Waals surface area (Å²) >= 11 is 0. The first-order valence-corrected chi connectivity index (χ1v) is 4.37. The SMILES string of the molecule is Cc1c[n+]([O-])c2ccccc2c1[N+](=O)[O-]. The highest BCUT2D eigenvalue weighted by atomic mass is 16.6. The first kappa shape index (κ1) is 9.39. The lowest BCUT2D eigenvalue weighted by atomic mass is 10.1. The Hall–Kier alpha value is -2.17. The van der Waals surface area contributed by atoms with E-state index < -0.39 is 4.92 Å². The molecule has 1 aromatic heterocycles. The second-order valence-corrected chi connectivity index (χ2v) is 3.26. The third-order valence-electron chi connectivity index (χ3n) is 2.26. The van der Waals surface area contributed by atoms with Crippen LogP contribution in [0.15, 0.2) is 30.5 Å². The highest BCUT2D eigenvalue weighted by Crippen LogP contribution is 2.25. The third kappa shape index (κ3) is 1.38. The zero-order valence-corrected chi connectivity index (χ0v) is 8.01. The summed E-state index contributed by atoms with van der Waals surface area (Å²) in [6.07, 6.45) is 1.22. The molecule has 0 aliphatic heterocycles. The van der Waals surface area contributed by atoms with Crippen molar-refractivity contribution < 1.29 is 9.65 Å². The van der Waals surface area contributed by atoms with E-state index in [9.17, 15) is 15.3 Å². The minimum absolute atomic E-state index is 0.00213. The maximum absolute atomic E-state index is 11.5. The molecular weight excluding hydrogens is 196 g/mol. The lowest BCUT2D eigenvalue weighted by Crippen LogP contribution is -2.27. The van der Waals surface area contributed by atoms with Gasteiger partial charge < -0.3 is 5.21 Å². The number of hydrogen-bond donors (Lipinski definition) is 0. The van der Waals surface area contributed by atoms with Crippen molar-refractivity contribution in [3.8, 4) is 0 Å². The van der Waals surface area contributed by atoms with Gasteiger partial charge in [-0.15, -0.1) is 0 Å². The highest BCUT2D eigenvalue weighted by molar-refractivity contribution is 5.86. The van der Waals surface area contributed by atoms with Gasteiger partial charge in [-0.3, -0.25) is 10.1 Å². The molecule has 0 unspecified atom stereocenters.